The van der Waals surface area contributed by atoms with E-state index in [-0.39, 0.29) is 5.91 Å². The van der Waals surface area contributed by atoms with Crippen LogP contribution in [0.25, 0.3) is 11.0 Å². The van der Waals surface area contributed by atoms with Gasteiger partial charge in [0, 0.05) is 91.1 Å². The molecule has 0 aliphatic carbocycles. The third-order valence-electron chi connectivity index (χ3n) is 8.76. The van der Waals surface area contributed by atoms with Crippen molar-refractivity contribution in [3.05, 3.63) is 101 Å². The van der Waals surface area contributed by atoms with Crippen molar-refractivity contribution in [2.24, 2.45) is 0 Å². The Bertz CT molecular complexity index is 1820. The molecule has 7 rings (SSSR count). The number of anilines is 5. The highest BCUT2D eigenvalue weighted by Gasteiger charge is 2.21. The van der Waals surface area contributed by atoms with Crippen molar-refractivity contribution in [1.82, 2.24) is 14.9 Å². The van der Waals surface area contributed by atoms with E-state index in [0.717, 1.165) is 89.6 Å². The second kappa shape index (κ2) is 11.7. The van der Waals surface area contributed by atoms with Gasteiger partial charge < -0.3 is 29.8 Å². The zero-order valence-corrected chi connectivity index (χ0v) is 25.4. The molecule has 0 radical (unpaired) electrons. The van der Waals surface area contributed by atoms with Crippen LogP contribution in [0.1, 0.15) is 32.7 Å². The molecule has 9 nitrogen and oxygen atoms in total. The number of amides is 1. The summed E-state index contributed by atoms with van der Waals surface area (Å²) in [6, 6.07) is 20.1. The van der Waals surface area contributed by atoms with Crippen LogP contribution >= 0.6 is 0 Å². The van der Waals surface area contributed by atoms with Crippen LogP contribution in [-0.4, -0.2) is 60.5 Å². The molecule has 2 aliphatic heterocycles. The number of hydrogen-bond donors (Lipinski definition) is 2. The van der Waals surface area contributed by atoms with E-state index in [0.29, 0.717) is 18.1 Å². The molecule has 2 N–H and O–H groups in total. The van der Waals surface area contributed by atoms with Crippen molar-refractivity contribution < 1.29 is 9.21 Å². The van der Waals surface area contributed by atoms with E-state index in [9.17, 15) is 4.79 Å². The van der Waals surface area contributed by atoms with Crippen LogP contribution in [0.4, 0.5) is 28.7 Å². The molecule has 2 aliphatic rings. The lowest BCUT2D eigenvalue weighted by atomic mass is 10.0. The fourth-order valence-electron chi connectivity index (χ4n) is 6.06. The summed E-state index contributed by atoms with van der Waals surface area (Å²) in [5, 5.41) is 7.42. The summed E-state index contributed by atoms with van der Waals surface area (Å²) in [6.45, 7) is 9.91. The smallest absolute Gasteiger partial charge is 0.255 e. The molecule has 1 amide bonds. The highest BCUT2D eigenvalue weighted by Crippen LogP contribution is 2.30. The van der Waals surface area contributed by atoms with Crippen LogP contribution in [0.5, 0.6) is 0 Å². The van der Waals surface area contributed by atoms with Gasteiger partial charge in [-0.25, -0.2) is 9.97 Å². The van der Waals surface area contributed by atoms with E-state index in [1.165, 1.54) is 5.69 Å². The number of aromatic nitrogens is 2. The first-order valence-corrected chi connectivity index (χ1v) is 15.2. The zero-order chi connectivity index (χ0) is 30.2. The highest BCUT2D eigenvalue weighted by molar-refractivity contribution is 6.06. The molecule has 224 valence electrons. The summed E-state index contributed by atoms with van der Waals surface area (Å²) in [6.07, 6.45) is 4.46. The number of fused-ring (bicyclic) bond motifs is 2. The van der Waals surface area contributed by atoms with Crippen molar-refractivity contribution in [2.75, 3.05) is 60.2 Å². The summed E-state index contributed by atoms with van der Waals surface area (Å²) in [7, 11) is 2.17. The molecule has 1 saturated heterocycles. The second-order valence-electron chi connectivity index (χ2n) is 11.9. The molecule has 5 aromatic rings. The van der Waals surface area contributed by atoms with Crippen LogP contribution in [0.15, 0.2) is 77.5 Å². The summed E-state index contributed by atoms with van der Waals surface area (Å²) in [5.41, 5.74) is 9.82. The molecule has 0 bridgehead atoms. The molecule has 3 aromatic carbocycles. The van der Waals surface area contributed by atoms with E-state index in [4.69, 9.17) is 9.40 Å². The minimum Gasteiger partial charge on any atom is -0.464 e. The molecule has 0 atom stereocenters. The van der Waals surface area contributed by atoms with Gasteiger partial charge in [-0.1, -0.05) is 6.07 Å². The lowest BCUT2D eigenvalue weighted by Gasteiger charge is -2.34. The van der Waals surface area contributed by atoms with Crippen LogP contribution in [0.2, 0.25) is 0 Å². The molecule has 0 spiro atoms. The Labute approximate surface area is 257 Å². The average Bonchev–Trinajstić information content (AvgIpc) is 3.42. The molecule has 1 fully saturated rings. The number of likely N-dealkylation sites (N-methyl/N-ethyl adjacent to an activating group) is 1. The predicted molar refractivity (Wildman–Crippen MR) is 176 cm³/mol. The normalized spacial score (nSPS) is 15.3. The van der Waals surface area contributed by atoms with Gasteiger partial charge in [0.25, 0.3) is 5.91 Å². The van der Waals surface area contributed by atoms with Crippen LogP contribution in [0, 0.1) is 13.8 Å². The Balaban J connectivity index is 1.01. The van der Waals surface area contributed by atoms with Gasteiger partial charge in [-0.15, -0.1) is 0 Å². The Hall–Kier alpha value is -4.89. The molecule has 44 heavy (non-hydrogen) atoms. The topological polar surface area (TPSA) is 89.8 Å². The Morgan fingerprint density at radius 2 is 1.66 bits per heavy atom. The van der Waals surface area contributed by atoms with Gasteiger partial charge in [-0.3, -0.25) is 4.79 Å². The quantitative estimate of drug-likeness (QED) is 0.245. The standard InChI is InChI=1S/C35H37N7O2/c1-23-4-6-28(37-34(43)25-5-11-33-30(18-25)24(2)22-44-33)19-32(23)42-13-12-31-26(21-42)20-36-35(39-31)38-27-7-9-29(10-8-27)41-16-14-40(3)15-17-41/h4-11,18-20,22H,12-17,21H2,1-3H3,(H,37,43)(H,36,38,39). The van der Waals surface area contributed by atoms with E-state index in [1.54, 1.807) is 12.3 Å². The van der Waals surface area contributed by atoms with E-state index in [1.807, 2.05) is 31.3 Å². The monoisotopic (exact) mass is 587 g/mol. The largest absolute Gasteiger partial charge is 0.464 e. The number of piperazine rings is 1. The Kier molecular flexibility index (Phi) is 7.39. The number of rotatable bonds is 6. The SMILES string of the molecule is Cc1ccc(NC(=O)c2ccc3occ(C)c3c2)cc1N1CCc2nc(Nc3ccc(N4CCN(C)CC4)cc3)ncc2C1. The van der Waals surface area contributed by atoms with Crippen molar-refractivity contribution >= 4 is 45.6 Å². The number of nitrogens with one attached hydrogen (secondary N) is 2. The lowest BCUT2D eigenvalue weighted by Crippen LogP contribution is -2.44. The molecule has 4 heterocycles. The van der Waals surface area contributed by atoms with Gasteiger partial charge >= 0.3 is 0 Å². The van der Waals surface area contributed by atoms with Gasteiger partial charge in [-0.05, 0) is 86.6 Å². The molecule has 2 aromatic heterocycles. The number of aryl methyl sites for hydroxylation is 2. The summed E-state index contributed by atoms with van der Waals surface area (Å²) < 4.78 is 5.53. The molecular weight excluding hydrogens is 550 g/mol. The number of nitrogens with zero attached hydrogens (tertiary/aromatic N) is 5. The van der Waals surface area contributed by atoms with Crippen LogP contribution in [0.3, 0.4) is 0 Å². The van der Waals surface area contributed by atoms with Crippen LogP contribution in [-0.2, 0) is 13.0 Å². The molecule has 9 heteroatoms. The van der Waals surface area contributed by atoms with E-state index < -0.39 is 0 Å². The summed E-state index contributed by atoms with van der Waals surface area (Å²) in [5.74, 6) is 0.475. The Morgan fingerprint density at radius 3 is 2.48 bits per heavy atom. The van der Waals surface area contributed by atoms with Gasteiger partial charge in [0.1, 0.15) is 5.58 Å². The van der Waals surface area contributed by atoms with Crippen LogP contribution < -0.4 is 20.4 Å². The van der Waals surface area contributed by atoms with Crippen molar-refractivity contribution in [1.29, 1.82) is 0 Å². The maximum Gasteiger partial charge on any atom is 0.255 e. The second-order valence-corrected chi connectivity index (χ2v) is 11.9. The summed E-state index contributed by atoms with van der Waals surface area (Å²) in [4.78, 5) is 29.7. The first kappa shape index (κ1) is 27.9. The predicted octanol–water partition coefficient (Wildman–Crippen LogP) is 6.15. The fourth-order valence-corrected chi connectivity index (χ4v) is 6.06. The number of carbonyl (C=O) groups is 1. The average molecular weight is 588 g/mol. The van der Waals surface area contributed by atoms with Gasteiger partial charge in [0.2, 0.25) is 5.95 Å². The molecular formula is C35H37N7O2. The number of hydrogen-bond acceptors (Lipinski definition) is 8. The number of furan rings is 1. The van der Waals surface area contributed by atoms with Crippen molar-refractivity contribution in [3.8, 4) is 0 Å². The first-order valence-electron chi connectivity index (χ1n) is 15.2. The summed E-state index contributed by atoms with van der Waals surface area (Å²) >= 11 is 0. The first-order chi connectivity index (χ1) is 21.4. The fraction of sp³-hybridized carbons (Fsp3) is 0.286. The van der Waals surface area contributed by atoms with Crippen molar-refractivity contribution in [2.45, 2.75) is 26.8 Å². The van der Waals surface area contributed by atoms with E-state index in [2.05, 4.69) is 80.7 Å². The van der Waals surface area contributed by atoms with Gasteiger partial charge in [0.15, 0.2) is 0 Å². The molecule has 0 unspecified atom stereocenters. The van der Waals surface area contributed by atoms with E-state index >= 15 is 0 Å². The maximum absolute atomic E-state index is 13.1. The Morgan fingerprint density at radius 1 is 0.864 bits per heavy atom. The minimum atomic E-state index is -0.145. The number of carbonyl (C=O) groups excluding carboxylic acids is 1. The van der Waals surface area contributed by atoms with Gasteiger partial charge in [-0.2, -0.15) is 0 Å². The third kappa shape index (κ3) is 5.70. The third-order valence-corrected chi connectivity index (χ3v) is 8.76. The maximum atomic E-state index is 13.1. The van der Waals surface area contributed by atoms with Gasteiger partial charge in [0.05, 0.1) is 12.0 Å². The molecule has 0 saturated carbocycles. The lowest BCUT2D eigenvalue weighted by molar-refractivity contribution is 0.102. The highest BCUT2D eigenvalue weighted by atomic mass is 16.3. The zero-order valence-electron chi connectivity index (χ0n) is 25.4. The minimum absolute atomic E-state index is 0.145. The van der Waals surface area contributed by atoms with Crippen molar-refractivity contribution in [3.63, 3.8) is 0 Å². The number of benzene rings is 3.